The van der Waals surface area contributed by atoms with Crippen LogP contribution in [-0.4, -0.2) is 51.3 Å². The lowest BCUT2D eigenvalue weighted by atomic mass is 9.96. The summed E-state index contributed by atoms with van der Waals surface area (Å²) in [5.41, 5.74) is 0.290. The van der Waals surface area contributed by atoms with Gasteiger partial charge in [-0.3, -0.25) is 14.7 Å². The van der Waals surface area contributed by atoms with Gasteiger partial charge in [0.1, 0.15) is 5.69 Å². The molecule has 3 rings (SSSR count). The van der Waals surface area contributed by atoms with Crippen molar-refractivity contribution in [3.8, 4) is 11.5 Å². The van der Waals surface area contributed by atoms with Gasteiger partial charge in [0.2, 0.25) is 0 Å². The molecule has 1 aliphatic rings. The largest absolute Gasteiger partial charge is 0.481 e. The Morgan fingerprint density at radius 3 is 2.67 bits per heavy atom. The van der Waals surface area contributed by atoms with Crippen molar-refractivity contribution in [2.75, 3.05) is 13.1 Å². The van der Waals surface area contributed by atoms with Crippen LogP contribution in [0, 0.1) is 11.8 Å². The van der Waals surface area contributed by atoms with E-state index in [1.54, 1.807) is 12.1 Å². The number of amides is 1. The molecule has 1 amide bonds. The number of hydrogen-bond donors (Lipinski definition) is 2. The summed E-state index contributed by atoms with van der Waals surface area (Å²) in [5, 5.41) is 15.3. The molecule has 1 aliphatic heterocycles. The number of nitrogens with zero attached hydrogens (tertiary/aromatic N) is 2. The van der Waals surface area contributed by atoms with Gasteiger partial charge in [0.15, 0.2) is 11.5 Å². The molecule has 2 aromatic heterocycles. The van der Waals surface area contributed by atoms with E-state index in [-0.39, 0.29) is 5.69 Å². The fourth-order valence-corrected chi connectivity index (χ4v) is 2.70. The number of alkyl halides is 3. The van der Waals surface area contributed by atoms with E-state index in [2.05, 4.69) is 10.2 Å². The molecule has 1 fully saturated rings. The van der Waals surface area contributed by atoms with E-state index in [9.17, 15) is 22.8 Å². The summed E-state index contributed by atoms with van der Waals surface area (Å²) in [5.74, 6) is -5.70. The average molecular weight is 343 g/mol. The molecular weight excluding hydrogens is 331 g/mol. The van der Waals surface area contributed by atoms with Crippen LogP contribution >= 0.6 is 0 Å². The van der Waals surface area contributed by atoms with Crippen molar-refractivity contribution >= 4 is 11.9 Å². The highest BCUT2D eigenvalue weighted by Gasteiger charge is 2.53. The summed E-state index contributed by atoms with van der Waals surface area (Å²) in [7, 11) is 0. The summed E-state index contributed by atoms with van der Waals surface area (Å²) in [6.07, 6.45) is -3.27. The second kappa shape index (κ2) is 5.69. The molecule has 2 aromatic rings. The van der Waals surface area contributed by atoms with Gasteiger partial charge in [-0.2, -0.15) is 18.3 Å². The van der Waals surface area contributed by atoms with Gasteiger partial charge in [0, 0.05) is 19.2 Å². The summed E-state index contributed by atoms with van der Waals surface area (Å²) < 4.78 is 44.0. The number of halogens is 3. The SMILES string of the molecule is O=C(O)[C@@H]1CN(C(=O)c2cc(-c3ccco3)[nH]n2)C[C@H]1C(F)(F)F. The third-order valence-electron chi connectivity index (χ3n) is 3.93. The van der Waals surface area contributed by atoms with Gasteiger partial charge in [0.25, 0.3) is 5.91 Å². The van der Waals surface area contributed by atoms with Crippen LogP contribution in [0.15, 0.2) is 28.9 Å². The molecule has 0 bridgehead atoms. The van der Waals surface area contributed by atoms with Gasteiger partial charge in [-0.05, 0) is 12.1 Å². The molecule has 7 nitrogen and oxygen atoms in total. The van der Waals surface area contributed by atoms with Gasteiger partial charge < -0.3 is 14.4 Å². The topological polar surface area (TPSA) is 99.4 Å². The Balaban J connectivity index is 1.80. The number of carboxylic acid groups (broad SMARTS) is 1. The minimum absolute atomic E-state index is 0.103. The lowest BCUT2D eigenvalue weighted by Gasteiger charge is -2.17. The van der Waals surface area contributed by atoms with Crippen LogP contribution < -0.4 is 0 Å². The maximum atomic E-state index is 13.0. The number of furan rings is 1. The van der Waals surface area contributed by atoms with Crippen LogP contribution in [0.1, 0.15) is 10.5 Å². The molecule has 2 atom stereocenters. The Labute approximate surface area is 133 Å². The number of hydrogen-bond acceptors (Lipinski definition) is 4. The minimum atomic E-state index is -4.69. The number of aromatic nitrogens is 2. The molecule has 0 saturated carbocycles. The van der Waals surface area contributed by atoms with Crippen molar-refractivity contribution in [2.24, 2.45) is 11.8 Å². The van der Waals surface area contributed by atoms with Gasteiger partial charge in [0.05, 0.1) is 18.1 Å². The van der Waals surface area contributed by atoms with Crippen molar-refractivity contribution in [2.45, 2.75) is 6.18 Å². The zero-order valence-electron chi connectivity index (χ0n) is 12.1. The third kappa shape index (κ3) is 2.86. The molecular formula is C14H12F3N3O4. The smallest absolute Gasteiger partial charge is 0.394 e. The fourth-order valence-electron chi connectivity index (χ4n) is 2.70. The highest BCUT2D eigenvalue weighted by molar-refractivity contribution is 5.94. The summed E-state index contributed by atoms with van der Waals surface area (Å²) >= 11 is 0. The molecule has 0 radical (unpaired) electrons. The van der Waals surface area contributed by atoms with E-state index in [1.807, 2.05) is 0 Å². The van der Waals surface area contributed by atoms with E-state index in [0.29, 0.717) is 11.5 Å². The zero-order chi connectivity index (χ0) is 17.5. The van der Waals surface area contributed by atoms with Crippen LogP contribution in [0.5, 0.6) is 0 Å². The summed E-state index contributed by atoms with van der Waals surface area (Å²) in [6, 6.07) is 4.60. The number of carboxylic acids is 1. The second-order valence-corrected chi connectivity index (χ2v) is 5.45. The monoisotopic (exact) mass is 343 g/mol. The molecule has 0 aliphatic carbocycles. The Bertz CT molecular complexity index is 754. The Kier molecular flexibility index (Phi) is 3.82. The van der Waals surface area contributed by atoms with Crippen molar-refractivity contribution in [1.82, 2.24) is 15.1 Å². The third-order valence-corrected chi connectivity index (χ3v) is 3.93. The molecule has 0 aromatic carbocycles. The number of carbonyl (C=O) groups excluding carboxylic acids is 1. The number of aliphatic carboxylic acids is 1. The van der Waals surface area contributed by atoms with Crippen LogP contribution in [0.3, 0.4) is 0 Å². The van der Waals surface area contributed by atoms with E-state index in [0.717, 1.165) is 4.90 Å². The quantitative estimate of drug-likeness (QED) is 0.888. The van der Waals surface area contributed by atoms with Crippen molar-refractivity contribution in [3.63, 3.8) is 0 Å². The molecule has 1 saturated heterocycles. The molecule has 10 heteroatoms. The molecule has 128 valence electrons. The Morgan fingerprint density at radius 2 is 2.12 bits per heavy atom. The number of likely N-dealkylation sites (tertiary alicyclic amines) is 1. The van der Waals surface area contributed by atoms with E-state index in [1.165, 1.54) is 12.3 Å². The Morgan fingerprint density at radius 1 is 1.38 bits per heavy atom. The number of H-pyrrole nitrogens is 1. The molecule has 3 heterocycles. The van der Waals surface area contributed by atoms with Gasteiger partial charge in [-0.25, -0.2) is 0 Å². The number of nitrogens with one attached hydrogen (secondary N) is 1. The second-order valence-electron chi connectivity index (χ2n) is 5.45. The van der Waals surface area contributed by atoms with E-state index in [4.69, 9.17) is 9.52 Å². The van der Waals surface area contributed by atoms with Crippen molar-refractivity contribution in [1.29, 1.82) is 0 Å². The maximum Gasteiger partial charge on any atom is 0.394 e. The minimum Gasteiger partial charge on any atom is -0.481 e. The highest BCUT2D eigenvalue weighted by atomic mass is 19.4. The lowest BCUT2D eigenvalue weighted by molar-refractivity contribution is -0.187. The first-order chi connectivity index (χ1) is 11.3. The van der Waals surface area contributed by atoms with Crippen LogP contribution in [0.2, 0.25) is 0 Å². The predicted molar refractivity (Wildman–Crippen MR) is 72.9 cm³/mol. The summed E-state index contributed by atoms with van der Waals surface area (Å²) in [6.45, 7) is -1.22. The van der Waals surface area contributed by atoms with E-state index >= 15 is 0 Å². The lowest BCUT2D eigenvalue weighted by Crippen LogP contribution is -2.34. The number of rotatable bonds is 3. The highest BCUT2D eigenvalue weighted by Crippen LogP contribution is 2.38. The normalized spacial score (nSPS) is 21.2. The molecule has 0 unspecified atom stereocenters. The standard InChI is InChI=1S/C14H12F3N3O4/c15-14(16,17)8-6-20(5-7(8)13(22)23)12(21)10-4-9(18-19-10)11-2-1-3-24-11/h1-4,7-8H,5-6H2,(H,18,19)(H,22,23)/t7-,8-/m1/s1. The first kappa shape index (κ1) is 16.1. The maximum absolute atomic E-state index is 13.0. The van der Waals surface area contributed by atoms with Gasteiger partial charge in [-0.1, -0.05) is 0 Å². The van der Waals surface area contributed by atoms with Gasteiger partial charge >= 0.3 is 12.1 Å². The molecule has 24 heavy (non-hydrogen) atoms. The predicted octanol–water partition coefficient (Wildman–Crippen LogP) is 2.00. The first-order valence-electron chi connectivity index (χ1n) is 6.95. The average Bonchev–Trinajstić information content (AvgIpc) is 3.23. The fraction of sp³-hybridized carbons (Fsp3) is 0.357. The van der Waals surface area contributed by atoms with Crippen LogP contribution in [-0.2, 0) is 4.79 Å². The Hall–Kier alpha value is -2.78. The van der Waals surface area contributed by atoms with Crippen LogP contribution in [0.25, 0.3) is 11.5 Å². The van der Waals surface area contributed by atoms with Gasteiger partial charge in [-0.15, -0.1) is 0 Å². The first-order valence-corrected chi connectivity index (χ1v) is 6.95. The van der Waals surface area contributed by atoms with Crippen molar-refractivity contribution < 1.29 is 32.3 Å². The van der Waals surface area contributed by atoms with Crippen LogP contribution in [0.4, 0.5) is 13.2 Å². The molecule has 0 spiro atoms. The van der Waals surface area contributed by atoms with Crippen molar-refractivity contribution in [3.05, 3.63) is 30.2 Å². The molecule has 2 N–H and O–H groups in total. The summed E-state index contributed by atoms with van der Waals surface area (Å²) in [4.78, 5) is 24.2. The number of carbonyl (C=O) groups is 2. The van der Waals surface area contributed by atoms with E-state index < -0.39 is 43.0 Å². The number of aromatic amines is 1. The zero-order valence-corrected chi connectivity index (χ0v) is 12.1.